The minimum atomic E-state index is 0.764. The Morgan fingerprint density at radius 1 is 1.24 bits per heavy atom. The zero-order valence-electron chi connectivity index (χ0n) is 13.1. The molecular weight excluding hydrogens is 262 g/mol. The fourth-order valence-corrected chi connectivity index (χ4v) is 4.25. The summed E-state index contributed by atoms with van der Waals surface area (Å²) in [6.07, 6.45) is 5.29. The van der Waals surface area contributed by atoms with Gasteiger partial charge in [-0.05, 0) is 45.3 Å². The molecular formula is C16H27N5. The fraction of sp³-hybridized carbons (Fsp3) is 0.812. The molecule has 116 valence electrons. The Labute approximate surface area is 127 Å². The van der Waals surface area contributed by atoms with Crippen LogP contribution in [0.5, 0.6) is 0 Å². The van der Waals surface area contributed by atoms with Crippen LogP contribution in [-0.4, -0.2) is 58.3 Å². The summed E-state index contributed by atoms with van der Waals surface area (Å²) in [5, 5.41) is 8.32. The molecule has 0 saturated carbocycles. The monoisotopic (exact) mass is 289 g/mol. The molecule has 4 heterocycles. The highest BCUT2D eigenvalue weighted by Crippen LogP contribution is 2.29. The molecule has 0 aromatic carbocycles. The van der Waals surface area contributed by atoms with Crippen LogP contribution >= 0.6 is 0 Å². The number of aromatic nitrogens is 2. The number of hydrogen-bond acceptors (Lipinski definition) is 4. The van der Waals surface area contributed by atoms with Crippen molar-refractivity contribution < 1.29 is 0 Å². The Morgan fingerprint density at radius 3 is 3.10 bits per heavy atom. The molecule has 2 fully saturated rings. The number of fused-ring (bicyclic) bond motifs is 3. The van der Waals surface area contributed by atoms with Crippen molar-refractivity contribution in [3.05, 3.63) is 17.5 Å². The van der Waals surface area contributed by atoms with E-state index in [1.165, 1.54) is 50.2 Å². The van der Waals surface area contributed by atoms with Gasteiger partial charge < -0.3 is 5.32 Å². The third-order valence-corrected chi connectivity index (χ3v) is 5.56. The summed E-state index contributed by atoms with van der Waals surface area (Å²) in [5.74, 6) is 0. The standard InChI is InChI=1S/C16H27N5/c1-19-14-3-4-15(19)12-20(8-5-14)11-13-9-16-10-17-6-2-7-21(16)18-13/h9,14-15,17H,2-8,10-12H2,1H3/t14-,15+/m0/s1. The van der Waals surface area contributed by atoms with Gasteiger partial charge in [0.2, 0.25) is 0 Å². The molecule has 0 amide bonds. The SMILES string of the molecule is CN1[C@H]2CC[C@@H]1CN(Cc1cc3n(n1)CCCNC3)CC2. The summed E-state index contributed by atoms with van der Waals surface area (Å²) in [5.41, 5.74) is 2.62. The number of nitrogens with one attached hydrogen (secondary N) is 1. The summed E-state index contributed by atoms with van der Waals surface area (Å²) >= 11 is 0. The van der Waals surface area contributed by atoms with E-state index in [2.05, 4.69) is 32.9 Å². The molecule has 0 unspecified atom stereocenters. The van der Waals surface area contributed by atoms with Crippen LogP contribution in [0.15, 0.2) is 6.07 Å². The molecule has 1 N–H and O–H groups in total. The van der Waals surface area contributed by atoms with E-state index in [-0.39, 0.29) is 0 Å². The number of nitrogens with zero attached hydrogens (tertiary/aromatic N) is 4. The normalized spacial score (nSPS) is 30.9. The molecule has 1 aromatic heterocycles. The van der Waals surface area contributed by atoms with Gasteiger partial charge in [-0.1, -0.05) is 0 Å². The molecule has 1 aromatic rings. The third kappa shape index (κ3) is 2.74. The largest absolute Gasteiger partial charge is 0.311 e. The minimum absolute atomic E-state index is 0.764. The van der Waals surface area contributed by atoms with Crippen LogP contribution in [0.2, 0.25) is 0 Å². The highest BCUT2D eigenvalue weighted by atomic mass is 15.3. The number of likely N-dealkylation sites (tertiary alicyclic amines) is 1. The quantitative estimate of drug-likeness (QED) is 0.883. The molecule has 3 aliphatic heterocycles. The predicted octanol–water partition coefficient (Wildman–Crippen LogP) is 1.04. The lowest BCUT2D eigenvalue weighted by molar-refractivity contribution is 0.213. The average molecular weight is 289 g/mol. The Hall–Kier alpha value is -0.910. The van der Waals surface area contributed by atoms with E-state index in [9.17, 15) is 0 Å². The third-order valence-electron chi connectivity index (χ3n) is 5.56. The Kier molecular flexibility index (Phi) is 3.73. The summed E-state index contributed by atoms with van der Waals surface area (Å²) in [4.78, 5) is 5.24. The lowest BCUT2D eigenvalue weighted by atomic mass is 10.1. The van der Waals surface area contributed by atoms with Crippen molar-refractivity contribution in [3.8, 4) is 0 Å². The molecule has 4 rings (SSSR count). The number of hydrogen-bond donors (Lipinski definition) is 1. The van der Waals surface area contributed by atoms with Crippen LogP contribution in [0.1, 0.15) is 37.1 Å². The lowest BCUT2D eigenvalue weighted by Crippen LogP contribution is -2.36. The van der Waals surface area contributed by atoms with Crippen LogP contribution < -0.4 is 5.32 Å². The van der Waals surface area contributed by atoms with E-state index in [1.54, 1.807) is 0 Å². The first-order valence-corrected chi connectivity index (χ1v) is 8.50. The zero-order chi connectivity index (χ0) is 14.2. The van der Waals surface area contributed by atoms with Gasteiger partial charge in [0, 0.05) is 44.8 Å². The number of likely N-dealkylation sites (N-methyl/N-ethyl adjacent to an activating group) is 1. The van der Waals surface area contributed by atoms with Gasteiger partial charge in [0.15, 0.2) is 0 Å². The van der Waals surface area contributed by atoms with Crippen LogP contribution in [0.4, 0.5) is 0 Å². The Balaban J connectivity index is 1.44. The first-order chi connectivity index (χ1) is 10.3. The predicted molar refractivity (Wildman–Crippen MR) is 83.0 cm³/mol. The van der Waals surface area contributed by atoms with Gasteiger partial charge in [0.25, 0.3) is 0 Å². The van der Waals surface area contributed by atoms with Gasteiger partial charge in [-0.25, -0.2) is 0 Å². The van der Waals surface area contributed by atoms with E-state index >= 15 is 0 Å². The average Bonchev–Trinajstić information content (AvgIpc) is 2.86. The number of rotatable bonds is 2. The number of aryl methyl sites for hydroxylation is 1. The second kappa shape index (κ2) is 5.71. The zero-order valence-corrected chi connectivity index (χ0v) is 13.1. The molecule has 2 bridgehead atoms. The van der Waals surface area contributed by atoms with Crippen molar-refractivity contribution in [2.24, 2.45) is 0 Å². The molecule has 2 atom stereocenters. The maximum absolute atomic E-state index is 4.84. The minimum Gasteiger partial charge on any atom is -0.311 e. The van der Waals surface area contributed by atoms with Gasteiger partial charge >= 0.3 is 0 Å². The van der Waals surface area contributed by atoms with E-state index < -0.39 is 0 Å². The topological polar surface area (TPSA) is 36.3 Å². The summed E-state index contributed by atoms with van der Waals surface area (Å²) in [7, 11) is 2.32. The second-order valence-corrected chi connectivity index (χ2v) is 6.95. The van der Waals surface area contributed by atoms with Gasteiger partial charge in [0.05, 0.1) is 11.4 Å². The first-order valence-electron chi connectivity index (χ1n) is 8.50. The van der Waals surface area contributed by atoms with Crippen LogP contribution in [0, 0.1) is 0 Å². The van der Waals surface area contributed by atoms with Crippen molar-refractivity contribution in [3.63, 3.8) is 0 Å². The lowest BCUT2D eigenvalue weighted by Gasteiger charge is -2.24. The Morgan fingerprint density at radius 2 is 2.14 bits per heavy atom. The summed E-state index contributed by atoms with van der Waals surface area (Å²) < 4.78 is 2.21. The fourth-order valence-electron chi connectivity index (χ4n) is 4.25. The van der Waals surface area contributed by atoms with Crippen LogP contribution in [0.25, 0.3) is 0 Å². The molecule has 5 nitrogen and oxygen atoms in total. The second-order valence-electron chi connectivity index (χ2n) is 6.95. The van der Waals surface area contributed by atoms with Crippen molar-refractivity contribution in [2.75, 3.05) is 26.7 Å². The maximum atomic E-state index is 4.84. The highest BCUT2D eigenvalue weighted by molar-refractivity contribution is 5.11. The molecule has 2 saturated heterocycles. The van der Waals surface area contributed by atoms with Crippen molar-refractivity contribution >= 4 is 0 Å². The molecule has 3 aliphatic rings. The highest BCUT2D eigenvalue weighted by Gasteiger charge is 2.34. The van der Waals surface area contributed by atoms with Crippen LogP contribution in [-0.2, 0) is 19.6 Å². The van der Waals surface area contributed by atoms with Crippen molar-refractivity contribution in [1.82, 2.24) is 24.9 Å². The van der Waals surface area contributed by atoms with E-state index in [0.717, 1.165) is 38.3 Å². The first kappa shape index (κ1) is 13.7. The van der Waals surface area contributed by atoms with E-state index in [0.29, 0.717) is 0 Å². The van der Waals surface area contributed by atoms with E-state index in [1.807, 2.05) is 0 Å². The van der Waals surface area contributed by atoms with Crippen molar-refractivity contribution in [1.29, 1.82) is 0 Å². The molecule has 0 spiro atoms. The summed E-state index contributed by atoms with van der Waals surface area (Å²) in [6, 6.07) is 3.90. The molecule has 21 heavy (non-hydrogen) atoms. The Bertz CT molecular complexity index is 473. The van der Waals surface area contributed by atoms with Gasteiger partial charge in [-0.15, -0.1) is 0 Å². The van der Waals surface area contributed by atoms with Gasteiger partial charge in [-0.3, -0.25) is 14.5 Å². The summed E-state index contributed by atoms with van der Waals surface area (Å²) in [6.45, 7) is 6.62. The molecule has 5 heteroatoms. The maximum Gasteiger partial charge on any atom is 0.0768 e. The van der Waals surface area contributed by atoms with Gasteiger partial charge in [-0.2, -0.15) is 5.10 Å². The molecule has 0 aliphatic carbocycles. The smallest absolute Gasteiger partial charge is 0.0768 e. The van der Waals surface area contributed by atoms with Crippen molar-refractivity contribution in [2.45, 2.75) is 57.4 Å². The molecule has 0 radical (unpaired) electrons. The van der Waals surface area contributed by atoms with Gasteiger partial charge in [0.1, 0.15) is 0 Å². The van der Waals surface area contributed by atoms with E-state index in [4.69, 9.17) is 5.10 Å². The van der Waals surface area contributed by atoms with Crippen LogP contribution in [0.3, 0.4) is 0 Å².